The van der Waals surface area contributed by atoms with Crippen molar-refractivity contribution < 1.29 is 19.1 Å². The van der Waals surface area contributed by atoms with Crippen molar-refractivity contribution in [2.45, 2.75) is 19.0 Å². The number of carbonyl (C=O) groups is 2. The Morgan fingerprint density at radius 1 is 1.10 bits per heavy atom. The lowest BCUT2D eigenvalue weighted by atomic mass is 9.97. The number of hydrogen-bond donors (Lipinski definition) is 1. The summed E-state index contributed by atoms with van der Waals surface area (Å²) in [4.78, 5) is 32.9. The highest BCUT2D eigenvalue weighted by Gasteiger charge is 2.50. The van der Waals surface area contributed by atoms with Crippen LogP contribution in [-0.2, 0) is 11.2 Å². The number of amidine groups is 1. The summed E-state index contributed by atoms with van der Waals surface area (Å²) in [5.41, 5.74) is 0.453. The number of methoxy groups -OCH3 is 2. The first-order chi connectivity index (χ1) is 15.0. The normalized spacial score (nSPS) is 19.5. The van der Waals surface area contributed by atoms with Crippen molar-refractivity contribution >= 4 is 17.6 Å². The minimum atomic E-state index is -1.52. The molecule has 2 heterocycles. The minimum absolute atomic E-state index is 0.103. The number of allylic oxidation sites excluding steroid dienone is 2. The van der Waals surface area contributed by atoms with Crippen LogP contribution in [0.15, 0.2) is 77.4 Å². The molecule has 0 fully saturated rings. The van der Waals surface area contributed by atoms with Crippen molar-refractivity contribution in [1.29, 1.82) is 0 Å². The Bertz CT molecular complexity index is 1120. The van der Waals surface area contributed by atoms with Crippen molar-refractivity contribution in [1.82, 2.24) is 10.2 Å². The number of hydrogen-bond acceptors (Lipinski definition) is 5. The summed E-state index contributed by atoms with van der Waals surface area (Å²) < 4.78 is 11.0. The molecule has 158 valence electrons. The maximum absolute atomic E-state index is 13.6. The number of nitrogens with one attached hydrogen (secondary N) is 1. The van der Waals surface area contributed by atoms with E-state index in [0.29, 0.717) is 28.5 Å². The van der Waals surface area contributed by atoms with E-state index in [0.717, 1.165) is 5.57 Å². The molecule has 4 rings (SSSR count). The standard InChI is InChI=1S/C24H23N3O4/c1-16-9-8-14-27-21(16)25-24(23(27)29,26-22(28)17-10-5-4-6-11-17)15-18-12-7-13-19(30-2)20(18)31-3/h4-14H,15H2,1-3H3,(H,26,28). The van der Waals surface area contributed by atoms with Crippen molar-refractivity contribution in [2.24, 2.45) is 4.99 Å². The molecule has 7 heteroatoms. The summed E-state index contributed by atoms with van der Waals surface area (Å²) in [7, 11) is 3.09. The molecule has 1 N–H and O–H groups in total. The number of rotatable bonds is 6. The monoisotopic (exact) mass is 417 g/mol. The fourth-order valence-corrected chi connectivity index (χ4v) is 3.80. The number of carbonyl (C=O) groups excluding carboxylic acids is 2. The van der Waals surface area contributed by atoms with Gasteiger partial charge in [0.15, 0.2) is 11.5 Å². The fourth-order valence-electron chi connectivity index (χ4n) is 3.80. The van der Waals surface area contributed by atoms with Gasteiger partial charge in [0.2, 0.25) is 5.66 Å². The predicted molar refractivity (Wildman–Crippen MR) is 117 cm³/mol. The second-order valence-corrected chi connectivity index (χ2v) is 7.31. The number of para-hydroxylation sites is 1. The summed E-state index contributed by atoms with van der Waals surface area (Å²) in [5.74, 6) is 0.837. The van der Waals surface area contributed by atoms with Crippen molar-refractivity contribution in [2.75, 3.05) is 14.2 Å². The third-order valence-corrected chi connectivity index (χ3v) is 5.32. The lowest BCUT2D eigenvalue weighted by Crippen LogP contribution is -2.55. The van der Waals surface area contributed by atoms with E-state index < -0.39 is 5.66 Å². The topological polar surface area (TPSA) is 80.2 Å². The van der Waals surface area contributed by atoms with Crippen molar-refractivity contribution in [3.8, 4) is 11.5 Å². The zero-order chi connectivity index (χ0) is 22.0. The fraction of sp³-hybridized carbons (Fsp3) is 0.208. The molecule has 7 nitrogen and oxygen atoms in total. The average Bonchev–Trinajstić information content (AvgIpc) is 3.07. The number of nitrogens with zero attached hydrogens (tertiary/aromatic N) is 2. The molecule has 0 radical (unpaired) electrons. The van der Waals surface area contributed by atoms with Crippen LogP contribution < -0.4 is 14.8 Å². The van der Waals surface area contributed by atoms with Gasteiger partial charge in [-0.05, 0) is 36.8 Å². The first-order valence-corrected chi connectivity index (χ1v) is 9.85. The molecule has 0 saturated heterocycles. The average molecular weight is 417 g/mol. The molecule has 0 bridgehead atoms. The maximum Gasteiger partial charge on any atom is 0.281 e. The molecule has 2 amide bonds. The maximum atomic E-state index is 13.6. The van der Waals surface area contributed by atoms with Crippen LogP contribution in [0.1, 0.15) is 22.8 Å². The van der Waals surface area contributed by atoms with E-state index in [1.54, 1.807) is 49.7 Å². The number of amides is 2. The van der Waals surface area contributed by atoms with Gasteiger partial charge in [-0.25, -0.2) is 4.99 Å². The Kier molecular flexibility index (Phi) is 5.33. The summed E-state index contributed by atoms with van der Waals surface area (Å²) in [6.07, 6.45) is 5.43. The molecule has 0 aliphatic carbocycles. The molecule has 1 atom stereocenters. The van der Waals surface area contributed by atoms with E-state index in [-0.39, 0.29) is 18.2 Å². The molecular weight excluding hydrogens is 394 g/mol. The van der Waals surface area contributed by atoms with Gasteiger partial charge in [-0.3, -0.25) is 14.5 Å². The third-order valence-electron chi connectivity index (χ3n) is 5.32. The Hall–Kier alpha value is -3.87. The number of fused-ring (bicyclic) bond motifs is 1. The number of benzene rings is 2. The van der Waals surface area contributed by atoms with Gasteiger partial charge in [-0.2, -0.15) is 0 Å². The molecule has 0 aromatic heterocycles. The van der Waals surface area contributed by atoms with E-state index in [4.69, 9.17) is 14.5 Å². The van der Waals surface area contributed by atoms with Crippen LogP contribution in [0.2, 0.25) is 0 Å². The van der Waals surface area contributed by atoms with Gasteiger partial charge in [0.25, 0.3) is 11.8 Å². The van der Waals surface area contributed by atoms with Gasteiger partial charge in [0.1, 0.15) is 5.84 Å². The number of aliphatic imine (C=N–C) groups is 1. The van der Waals surface area contributed by atoms with E-state index in [1.807, 2.05) is 31.2 Å². The molecule has 31 heavy (non-hydrogen) atoms. The molecule has 2 aliphatic heterocycles. The number of ether oxygens (including phenoxy) is 2. The Labute approximate surface area is 180 Å². The smallest absolute Gasteiger partial charge is 0.281 e. The van der Waals surface area contributed by atoms with E-state index >= 15 is 0 Å². The van der Waals surface area contributed by atoms with Crippen LogP contribution in [0.25, 0.3) is 0 Å². The quantitative estimate of drug-likeness (QED) is 0.783. The molecule has 2 aliphatic rings. The zero-order valence-electron chi connectivity index (χ0n) is 17.6. The summed E-state index contributed by atoms with van der Waals surface area (Å²) >= 11 is 0. The highest BCUT2D eigenvalue weighted by Crippen LogP contribution is 2.36. The van der Waals surface area contributed by atoms with Crippen LogP contribution in [0.5, 0.6) is 11.5 Å². The van der Waals surface area contributed by atoms with Gasteiger partial charge in [-0.15, -0.1) is 0 Å². The second-order valence-electron chi connectivity index (χ2n) is 7.31. The molecule has 0 saturated carbocycles. The van der Waals surface area contributed by atoms with Gasteiger partial charge in [0.05, 0.1) is 14.2 Å². The second kappa shape index (κ2) is 8.10. The van der Waals surface area contributed by atoms with Gasteiger partial charge in [-0.1, -0.05) is 36.4 Å². The van der Waals surface area contributed by atoms with Gasteiger partial charge < -0.3 is 14.8 Å². The highest BCUT2D eigenvalue weighted by molar-refractivity contribution is 6.17. The molecule has 2 aromatic rings. The van der Waals surface area contributed by atoms with Crippen LogP contribution in [-0.4, -0.2) is 42.4 Å². The van der Waals surface area contributed by atoms with Crippen molar-refractivity contribution in [3.05, 3.63) is 83.6 Å². The molecular formula is C24H23N3O4. The SMILES string of the molecule is COc1cccc(CC2(NC(=O)c3ccccc3)N=C3C(C)=CC=CN3C2=O)c1OC. The highest BCUT2D eigenvalue weighted by atomic mass is 16.5. The Morgan fingerprint density at radius 3 is 2.55 bits per heavy atom. The Balaban J connectivity index is 1.80. The van der Waals surface area contributed by atoms with Crippen LogP contribution in [0, 0.1) is 0 Å². The van der Waals surface area contributed by atoms with E-state index in [9.17, 15) is 9.59 Å². The summed E-state index contributed by atoms with van der Waals surface area (Å²) in [5, 5.41) is 2.90. The summed E-state index contributed by atoms with van der Waals surface area (Å²) in [6, 6.07) is 14.2. The molecule has 2 aromatic carbocycles. The minimum Gasteiger partial charge on any atom is -0.493 e. The first kappa shape index (κ1) is 20.4. The summed E-state index contributed by atoms with van der Waals surface area (Å²) in [6.45, 7) is 1.88. The lowest BCUT2D eigenvalue weighted by Gasteiger charge is -2.27. The zero-order valence-corrected chi connectivity index (χ0v) is 17.6. The van der Waals surface area contributed by atoms with Gasteiger partial charge in [0, 0.05) is 23.7 Å². The largest absolute Gasteiger partial charge is 0.493 e. The van der Waals surface area contributed by atoms with Crippen LogP contribution >= 0.6 is 0 Å². The lowest BCUT2D eigenvalue weighted by molar-refractivity contribution is -0.130. The van der Waals surface area contributed by atoms with Crippen LogP contribution in [0.3, 0.4) is 0 Å². The first-order valence-electron chi connectivity index (χ1n) is 9.85. The van der Waals surface area contributed by atoms with Crippen LogP contribution in [0.4, 0.5) is 0 Å². The molecule has 0 spiro atoms. The molecule has 1 unspecified atom stereocenters. The van der Waals surface area contributed by atoms with E-state index in [2.05, 4.69) is 5.32 Å². The van der Waals surface area contributed by atoms with Crippen molar-refractivity contribution in [3.63, 3.8) is 0 Å². The third kappa shape index (κ3) is 3.59. The van der Waals surface area contributed by atoms with Gasteiger partial charge >= 0.3 is 0 Å². The Morgan fingerprint density at radius 2 is 1.87 bits per heavy atom. The van der Waals surface area contributed by atoms with E-state index in [1.165, 1.54) is 12.0 Å². The predicted octanol–water partition coefficient (Wildman–Crippen LogP) is 3.09.